The first-order valence-corrected chi connectivity index (χ1v) is 12.2. The lowest BCUT2D eigenvalue weighted by atomic mass is 9.66. The lowest BCUT2D eigenvalue weighted by Gasteiger charge is -2.39. The Labute approximate surface area is 182 Å². The van der Waals surface area contributed by atoms with Crippen LogP contribution in [0, 0.1) is 47.3 Å². The molecule has 8 atom stereocenters. The summed E-state index contributed by atoms with van der Waals surface area (Å²) < 4.78 is 0. The van der Waals surface area contributed by atoms with E-state index in [0.717, 1.165) is 57.4 Å². The van der Waals surface area contributed by atoms with Gasteiger partial charge in [0.05, 0.1) is 0 Å². The molecule has 4 bridgehead atoms. The molecule has 146 valence electrons. The summed E-state index contributed by atoms with van der Waals surface area (Å²) in [4.78, 5) is 0. The van der Waals surface area contributed by atoms with Crippen molar-refractivity contribution in [1.82, 2.24) is 0 Å². The Balaban J connectivity index is 1.29. The molecule has 0 N–H and O–H groups in total. The molecule has 0 aliphatic heterocycles. The van der Waals surface area contributed by atoms with Crippen LogP contribution in [0.1, 0.15) is 36.8 Å². The maximum Gasteiger partial charge on any atom is 0.0409 e. The fourth-order valence-corrected chi connectivity index (χ4v) is 10.0. The summed E-state index contributed by atoms with van der Waals surface area (Å²) in [6, 6.07) is 13.2. The Morgan fingerprint density at radius 2 is 1.17 bits per heavy atom. The van der Waals surface area contributed by atoms with Gasteiger partial charge in [-0.25, -0.2) is 0 Å². The Morgan fingerprint density at radius 3 is 1.69 bits per heavy atom. The Morgan fingerprint density at radius 1 is 0.655 bits per heavy atom. The molecule has 8 unspecified atom stereocenters. The maximum atomic E-state index is 6.54. The Bertz CT molecular complexity index is 1030. The van der Waals surface area contributed by atoms with Gasteiger partial charge in [0.2, 0.25) is 0 Å². The molecule has 2 aromatic carbocycles. The molecular formula is C27H24Cl2. The second-order valence-corrected chi connectivity index (χ2v) is 11.7. The maximum absolute atomic E-state index is 6.54. The van der Waals surface area contributed by atoms with E-state index in [4.69, 9.17) is 23.2 Å². The van der Waals surface area contributed by atoms with Crippen molar-refractivity contribution in [3.8, 4) is 11.1 Å². The minimum atomic E-state index is 0.137. The van der Waals surface area contributed by atoms with E-state index in [1.165, 1.54) is 47.9 Å². The fourth-order valence-electron chi connectivity index (χ4n) is 9.66. The molecule has 0 aromatic heterocycles. The molecule has 2 heteroatoms. The smallest absolute Gasteiger partial charge is 0.0409 e. The number of fused-ring (bicyclic) bond motifs is 17. The zero-order valence-corrected chi connectivity index (χ0v) is 17.8. The monoisotopic (exact) mass is 418 g/mol. The summed E-state index contributed by atoms with van der Waals surface area (Å²) in [5, 5.41) is 1.75. The van der Waals surface area contributed by atoms with Crippen molar-refractivity contribution >= 4 is 23.2 Å². The molecule has 0 nitrogen and oxygen atoms in total. The molecule has 6 aliphatic carbocycles. The third-order valence-corrected chi connectivity index (χ3v) is 10.7. The molecule has 0 heterocycles. The van der Waals surface area contributed by atoms with Crippen LogP contribution in [0.4, 0.5) is 0 Å². The molecule has 0 saturated heterocycles. The van der Waals surface area contributed by atoms with Gasteiger partial charge in [0.15, 0.2) is 0 Å². The number of halogens is 2. The first-order valence-electron chi connectivity index (χ1n) is 11.4. The lowest BCUT2D eigenvalue weighted by molar-refractivity contribution is 0.108. The van der Waals surface area contributed by atoms with Crippen molar-refractivity contribution in [2.75, 3.05) is 0 Å². The van der Waals surface area contributed by atoms with Gasteiger partial charge >= 0.3 is 0 Å². The number of allylic oxidation sites excluding steroid dienone is 2. The average molecular weight is 419 g/mol. The van der Waals surface area contributed by atoms with Crippen LogP contribution in [0.15, 0.2) is 48.6 Å². The second-order valence-electron chi connectivity index (χ2n) is 10.9. The van der Waals surface area contributed by atoms with Crippen molar-refractivity contribution in [1.29, 1.82) is 0 Å². The summed E-state index contributed by atoms with van der Waals surface area (Å²) in [5.74, 6) is 7.47. The van der Waals surface area contributed by atoms with Gasteiger partial charge in [-0.3, -0.25) is 0 Å². The van der Waals surface area contributed by atoms with E-state index in [1.54, 1.807) is 0 Å². The van der Waals surface area contributed by atoms with Crippen molar-refractivity contribution in [3.63, 3.8) is 0 Å². The predicted molar refractivity (Wildman–Crippen MR) is 118 cm³/mol. The van der Waals surface area contributed by atoms with Crippen molar-refractivity contribution < 1.29 is 0 Å². The van der Waals surface area contributed by atoms with Crippen LogP contribution in [0.25, 0.3) is 11.1 Å². The van der Waals surface area contributed by atoms with Gasteiger partial charge in [-0.05, 0) is 120 Å². The van der Waals surface area contributed by atoms with Gasteiger partial charge in [0.25, 0.3) is 0 Å². The average Bonchev–Trinajstić information content (AvgIpc) is 3.51. The van der Waals surface area contributed by atoms with Crippen molar-refractivity contribution in [3.05, 3.63) is 69.7 Å². The van der Waals surface area contributed by atoms with Crippen LogP contribution in [-0.4, -0.2) is 0 Å². The van der Waals surface area contributed by atoms with Gasteiger partial charge in [-0.1, -0.05) is 47.5 Å². The summed E-state index contributed by atoms with van der Waals surface area (Å²) in [7, 11) is 0. The molecule has 8 rings (SSSR count). The molecule has 6 aliphatic rings. The molecule has 4 saturated carbocycles. The highest BCUT2D eigenvalue weighted by Crippen LogP contribution is 2.75. The third kappa shape index (κ3) is 1.79. The SMILES string of the molecule is Clc1ccc2c(c1)C1(CC3C(C1)C1CC3C3C4C=CC(C4)C13)c1cc(Cl)ccc1-2. The number of hydrogen-bond donors (Lipinski definition) is 0. The quantitative estimate of drug-likeness (QED) is 0.309. The first kappa shape index (κ1) is 16.5. The zero-order valence-electron chi connectivity index (χ0n) is 16.3. The highest BCUT2D eigenvalue weighted by Gasteiger charge is 2.68. The van der Waals surface area contributed by atoms with E-state index < -0.39 is 0 Å². The normalized spacial score (nSPS) is 43.1. The summed E-state index contributed by atoms with van der Waals surface area (Å²) in [6.45, 7) is 0. The molecule has 0 amide bonds. The van der Waals surface area contributed by atoms with E-state index in [1.807, 2.05) is 0 Å². The Hall–Kier alpha value is -1.24. The molecule has 2 aromatic rings. The zero-order chi connectivity index (χ0) is 19.1. The van der Waals surface area contributed by atoms with Gasteiger partial charge in [-0.15, -0.1) is 0 Å². The summed E-state index contributed by atoms with van der Waals surface area (Å²) in [5.41, 5.74) is 5.91. The van der Waals surface area contributed by atoms with Crippen LogP contribution < -0.4 is 0 Å². The van der Waals surface area contributed by atoms with E-state index in [9.17, 15) is 0 Å². The fraction of sp³-hybridized carbons (Fsp3) is 0.481. The number of hydrogen-bond acceptors (Lipinski definition) is 0. The number of rotatable bonds is 0. The van der Waals surface area contributed by atoms with E-state index in [2.05, 4.69) is 48.6 Å². The number of benzene rings is 2. The van der Waals surface area contributed by atoms with Gasteiger partial charge in [0, 0.05) is 15.5 Å². The van der Waals surface area contributed by atoms with Crippen LogP contribution >= 0.6 is 23.2 Å². The topological polar surface area (TPSA) is 0 Å². The molecule has 29 heavy (non-hydrogen) atoms. The van der Waals surface area contributed by atoms with Crippen molar-refractivity contribution in [2.24, 2.45) is 47.3 Å². The minimum Gasteiger partial charge on any atom is -0.0848 e. The molecular weight excluding hydrogens is 395 g/mol. The highest BCUT2D eigenvalue weighted by molar-refractivity contribution is 6.31. The summed E-state index contributed by atoms with van der Waals surface area (Å²) in [6.07, 6.45) is 10.7. The predicted octanol–water partition coefficient (Wildman–Crippen LogP) is 7.37. The molecule has 0 radical (unpaired) electrons. The van der Waals surface area contributed by atoms with E-state index in [-0.39, 0.29) is 5.41 Å². The van der Waals surface area contributed by atoms with Gasteiger partial charge in [-0.2, -0.15) is 0 Å². The molecule has 4 fully saturated rings. The van der Waals surface area contributed by atoms with Crippen molar-refractivity contribution in [2.45, 2.75) is 31.1 Å². The standard InChI is InChI=1S/C27H24Cl2/c28-15-3-5-17-18-6-4-16(29)9-24(18)27(23(17)8-15)11-21-19-10-20(22(21)12-27)26-14-2-1-13(7-14)25(19)26/h1-6,8-9,13-14,19-22,25-26H,7,10-12H2. The first-order chi connectivity index (χ1) is 14.1. The van der Waals surface area contributed by atoms with Crippen LogP contribution in [0.5, 0.6) is 0 Å². The van der Waals surface area contributed by atoms with Gasteiger partial charge < -0.3 is 0 Å². The summed E-state index contributed by atoms with van der Waals surface area (Å²) >= 11 is 13.1. The van der Waals surface area contributed by atoms with Crippen LogP contribution in [-0.2, 0) is 5.41 Å². The van der Waals surface area contributed by atoms with E-state index in [0.29, 0.717) is 0 Å². The Kier molecular flexibility index (Phi) is 2.92. The van der Waals surface area contributed by atoms with Crippen LogP contribution in [0.2, 0.25) is 10.0 Å². The minimum absolute atomic E-state index is 0.137. The van der Waals surface area contributed by atoms with E-state index >= 15 is 0 Å². The molecule has 1 spiro atoms. The second kappa shape index (κ2) is 5.14. The van der Waals surface area contributed by atoms with Gasteiger partial charge in [0.1, 0.15) is 0 Å². The largest absolute Gasteiger partial charge is 0.0848 e. The lowest BCUT2D eigenvalue weighted by Crippen LogP contribution is -2.34. The van der Waals surface area contributed by atoms with Crippen LogP contribution in [0.3, 0.4) is 0 Å². The third-order valence-electron chi connectivity index (χ3n) is 10.2. The highest BCUT2D eigenvalue weighted by atomic mass is 35.5.